The third kappa shape index (κ3) is 6.40. The van der Waals surface area contributed by atoms with E-state index in [1.54, 1.807) is 0 Å². The Hall–Kier alpha value is -6.64. The van der Waals surface area contributed by atoms with Gasteiger partial charge in [0.15, 0.2) is 0 Å². The third-order valence-corrected chi connectivity index (χ3v) is 11.2. The molecule has 0 aliphatic heterocycles. The van der Waals surface area contributed by atoms with Gasteiger partial charge in [0, 0.05) is 34.1 Å². The highest BCUT2D eigenvalue weighted by molar-refractivity contribution is 5.87. The van der Waals surface area contributed by atoms with Gasteiger partial charge in [0.05, 0.1) is 0 Å². The van der Waals surface area contributed by atoms with E-state index in [1.807, 2.05) is 0 Å². The van der Waals surface area contributed by atoms with Gasteiger partial charge in [0.1, 0.15) is 0 Å². The van der Waals surface area contributed by atoms with Crippen LogP contribution in [0.1, 0.15) is 33.4 Å². The van der Waals surface area contributed by atoms with Crippen molar-refractivity contribution < 1.29 is 0 Å². The Bertz CT molecular complexity index is 2390. The summed E-state index contributed by atoms with van der Waals surface area (Å²) in [4.78, 5) is 4.76. The first-order valence-electron chi connectivity index (χ1n) is 19.2. The maximum Gasteiger partial charge on any atom is 0.0490 e. The molecule has 0 amide bonds. The first kappa shape index (κ1) is 34.1. The highest BCUT2D eigenvalue weighted by atomic mass is 15.2. The molecule has 8 aromatic carbocycles. The lowest BCUT2D eigenvalue weighted by Gasteiger charge is -2.28. The molecule has 0 heterocycles. The largest absolute Gasteiger partial charge is 0.310 e. The molecular weight excluding hydrogens is 665 g/mol. The predicted molar refractivity (Wildman–Crippen MR) is 234 cm³/mol. The maximum absolute atomic E-state index is 2.39. The van der Waals surface area contributed by atoms with Crippen molar-refractivity contribution in [1.82, 2.24) is 0 Å². The van der Waals surface area contributed by atoms with Crippen molar-refractivity contribution in [2.24, 2.45) is 0 Å². The molecule has 0 saturated heterocycles. The van der Waals surface area contributed by atoms with E-state index in [0.717, 1.165) is 17.8 Å². The van der Waals surface area contributed by atoms with Gasteiger partial charge in [-0.05, 0) is 162 Å². The fourth-order valence-corrected chi connectivity index (χ4v) is 8.21. The van der Waals surface area contributed by atoms with E-state index >= 15 is 0 Å². The lowest BCUT2D eigenvalue weighted by Crippen LogP contribution is -2.12. The first-order chi connectivity index (χ1) is 26.9. The van der Waals surface area contributed by atoms with Crippen LogP contribution in [-0.2, 0) is 6.42 Å². The molecule has 1 aliphatic rings. The Kier molecular flexibility index (Phi) is 8.88. The average molecular weight is 709 g/mol. The highest BCUT2D eigenvalue weighted by Gasteiger charge is 2.22. The number of hydrogen-bond acceptors (Lipinski definition) is 2. The topological polar surface area (TPSA) is 6.48 Å². The van der Waals surface area contributed by atoms with Crippen LogP contribution >= 0.6 is 0 Å². The van der Waals surface area contributed by atoms with Crippen LogP contribution in [0.3, 0.4) is 0 Å². The Morgan fingerprint density at radius 3 is 0.909 bits per heavy atom. The molecule has 2 heteroatoms. The number of benzene rings is 8. The fourth-order valence-electron chi connectivity index (χ4n) is 8.21. The Labute approximate surface area is 325 Å². The lowest BCUT2D eigenvalue weighted by atomic mass is 9.96. The number of aryl methyl sites for hydroxylation is 4. The van der Waals surface area contributed by atoms with E-state index in [1.165, 1.54) is 89.5 Å². The van der Waals surface area contributed by atoms with E-state index in [9.17, 15) is 0 Å². The molecule has 8 aromatic rings. The molecular formula is C53H44N2. The van der Waals surface area contributed by atoms with E-state index in [-0.39, 0.29) is 0 Å². The van der Waals surface area contributed by atoms with Crippen LogP contribution in [0.15, 0.2) is 182 Å². The van der Waals surface area contributed by atoms with Crippen molar-refractivity contribution >= 4 is 34.1 Å². The molecule has 9 rings (SSSR count). The van der Waals surface area contributed by atoms with Crippen LogP contribution in [0.25, 0.3) is 33.4 Å². The summed E-state index contributed by atoms with van der Waals surface area (Å²) < 4.78 is 0. The van der Waals surface area contributed by atoms with Gasteiger partial charge in [-0.25, -0.2) is 0 Å². The molecule has 0 saturated carbocycles. The summed E-state index contributed by atoms with van der Waals surface area (Å²) in [6.07, 6.45) is 0.965. The van der Waals surface area contributed by atoms with E-state index in [2.05, 4.69) is 219 Å². The first-order valence-corrected chi connectivity index (χ1v) is 19.2. The summed E-state index contributed by atoms with van der Waals surface area (Å²) in [7, 11) is 0. The molecule has 0 N–H and O–H groups in total. The van der Waals surface area contributed by atoms with Gasteiger partial charge < -0.3 is 9.80 Å². The van der Waals surface area contributed by atoms with Gasteiger partial charge in [0.25, 0.3) is 0 Å². The second-order valence-electron chi connectivity index (χ2n) is 14.8. The standard InChI is InChI=1S/C53H44N2/c1-36-13-5-9-17-50(36)54(51-18-10-6-14-37(51)2)46-29-25-40(26-30-46)42-21-23-44-33-45-24-22-43(35-49(45)48(44)34-42)41-27-31-47(32-28-41)55(52-19-11-7-15-38(52)3)53-20-12-8-16-39(53)4/h5-32,34-35H,33H2,1-4H3. The second kappa shape index (κ2) is 14.3. The van der Waals surface area contributed by atoms with Crippen LogP contribution in [0.5, 0.6) is 0 Å². The van der Waals surface area contributed by atoms with Gasteiger partial charge in [0.2, 0.25) is 0 Å². The molecule has 0 fully saturated rings. The summed E-state index contributed by atoms with van der Waals surface area (Å²) in [5, 5.41) is 0. The minimum Gasteiger partial charge on any atom is -0.310 e. The summed E-state index contributed by atoms with van der Waals surface area (Å²) in [6, 6.07) is 66.6. The minimum atomic E-state index is 0.965. The van der Waals surface area contributed by atoms with Crippen molar-refractivity contribution in [2.45, 2.75) is 34.1 Å². The number of anilines is 6. The van der Waals surface area contributed by atoms with Crippen LogP contribution in [0.2, 0.25) is 0 Å². The molecule has 266 valence electrons. The van der Waals surface area contributed by atoms with Gasteiger partial charge in [-0.15, -0.1) is 0 Å². The molecule has 1 aliphatic carbocycles. The van der Waals surface area contributed by atoms with Crippen molar-refractivity contribution in [2.75, 3.05) is 9.80 Å². The van der Waals surface area contributed by atoms with Gasteiger partial charge in [-0.1, -0.05) is 121 Å². The van der Waals surface area contributed by atoms with Crippen LogP contribution in [0.4, 0.5) is 34.1 Å². The zero-order valence-corrected chi connectivity index (χ0v) is 31.9. The van der Waals surface area contributed by atoms with Gasteiger partial charge in [-0.2, -0.15) is 0 Å². The molecule has 0 atom stereocenters. The average Bonchev–Trinajstić information content (AvgIpc) is 3.59. The Morgan fingerprint density at radius 2 is 0.600 bits per heavy atom. The quantitative estimate of drug-likeness (QED) is 0.155. The fraction of sp³-hybridized carbons (Fsp3) is 0.0943. The van der Waals surface area contributed by atoms with E-state index in [4.69, 9.17) is 0 Å². The molecule has 0 aromatic heterocycles. The third-order valence-electron chi connectivity index (χ3n) is 11.2. The number of para-hydroxylation sites is 4. The number of fused-ring (bicyclic) bond motifs is 3. The molecule has 55 heavy (non-hydrogen) atoms. The van der Waals surface area contributed by atoms with Crippen molar-refractivity contribution in [3.63, 3.8) is 0 Å². The van der Waals surface area contributed by atoms with Crippen LogP contribution < -0.4 is 9.80 Å². The van der Waals surface area contributed by atoms with E-state index < -0.39 is 0 Å². The molecule has 0 bridgehead atoms. The normalized spacial score (nSPS) is 11.6. The zero-order valence-electron chi connectivity index (χ0n) is 31.9. The minimum absolute atomic E-state index is 0.965. The maximum atomic E-state index is 2.39. The van der Waals surface area contributed by atoms with Crippen LogP contribution in [0, 0.1) is 27.7 Å². The number of hydrogen-bond donors (Lipinski definition) is 0. The van der Waals surface area contributed by atoms with Crippen molar-refractivity contribution in [3.8, 4) is 33.4 Å². The predicted octanol–water partition coefficient (Wildman–Crippen LogP) is 14.8. The van der Waals surface area contributed by atoms with Gasteiger partial charge in [-0.3, -0.25) is 0 Å². The second-order valence-corrected chi connectivity index (χ2v) is 14.8. The van der Waals surface area contributed by atoms with Crippen molar-refractivity contribution in [1.29, 1.82) is 0 Å². The Balaban J connectivity index is 1.03. The molecule has 0 unspecified atom stereocenters. The smallest absolute Gasteiger partial charge is 0.0490 e. The summed E-state index contributed by atoms with van der Waals surface area (Å²) >= 11 is 0. The Morgan fingerprint density at radius 1 is 0.309 bits per heavy atom. The molecule has 2 nitrogen and oxygen atoms in total. The summed E-state index contributed by atoms with van der Waals surface area (Å²) in [6.45, 7) is 8.74. The summed E-state index contributed by atoms with van der Waals surface area (Å²) in [5.74, 6) is 0. The SMILES string of the molecule is Cc1ccccc1N(c1ccc(-c2ccc3c(c2)-c2cc(-c4ccc(N(c5ccccc5C)c5ccccc5C)cc4)ccc2C3)cc1)c1ccccc1C. The summed E-state index contributed by atoms with van der Waals surface area (Å²) in [5.41, 5.74) is 22.4. The van der Waals surface area contributed by atoms with E-state index in [0.29, 0.717) is 0 Å². The number of nitrogens with zero attached hydrogens (tertiary/aromatic N) is 2. The number of rotatable bonds is 8. The van der Waals surface area contributed by atoms with Crippen LogP contribution in [-0.4, -0.2) is 0 Å². The van der Waals surface area contributed by atoms with Crippen molar-refractivity contribution in [3.05, 3.63) is 215 Å². The monoisotopic (exact) mass is 708 g/mol. The lowest BCUT2D eigenvalue weighted by molar-refractivity contribution is 1.23. The highest BCUT2D eigenvalue weighted by Crippen LogP contribution is 2.44. The zero-order chi connectivity index (χ0) is 37.5. The van der Waals surface area contributed by atoms with Gasteiger partial charge >= 0.3 is 0 Å². The molecule has 0 spiro atoms. The molecule has 0 radical (unpaired) electrons.